The minimum atomic E-state index is -3.81. The van der Waals surface area contributed by atoms with Crippen LogP contribution in [0.4, 0.5) is 5.69 Å². The number of furan rings is 1. The standard InChI is InChI=1S/C22H26N4O6S/c1-3-33(29,30)26-22(28)19(25-16-6-4-13(5-7-16)21(23)24)14-10-15-11-17(8-9-27)32-20(15)18(12-14)31-2/h4-7,10-12,19,25,27H,3,8-9H2,1-2H3,(H3,23,24)(H,26,28). The number of nitrogen functional groups attached to an aromatic ring is 1. The molecule has 0 radical (unpaired) electrons. The average molecular weight is 475 g/mol. The Hall–Kier alpha value is -3.57. The van der Waals surface area contributed by atoms with Gasteiger partial charge >= 0.3 is 0 Å². The molecule has 6 N–H and O–H groups in total. The Balaban J connectivity index is 2.06. The van der Waals surface area contributed by atoms with E-state index in [1.807, 2.05) is 0 Å². The van der Waals surface area contributed by atoms with Crippen LogP contribution in [0.5, 0.6) is 5.75 Å². The lowest BCUT2D eigenvalue weighted by Gasteiger charge is -2.21. The van der Waals surface area contributed by atoms with E-state index >= 15 is 0 Å². The number of ether oxygens (including phenoxy) is 1. The molecule has 10 nitrogen and oxygen atoms in total. The first-order valence-corrected chi connectivity index (χ1v) is 11.8. The van der Waals surface area contributed by atoms with Crippen molar-refractivity contribution in [3.63, 3.8) is 0 Å². The average Bonchev–Trinajstić information content (AvgIpc) is 3.19. The van der Waals surface area contributed by atoms with Gasteiger partial charge in [0.1, 0.15) is 17.6 Å². The van der Waals surface area contributed by atoms with Crippen LogP contribution < -0.4 is 20.5 Å². The van der Waals surface area contributed by atoms with Crippen molar-refractivity contribution >= 4 is 38.4 Å². The van der Waals surface area contributed by atoms with Crippen molar-refractivity contribution in [1.29, 1.82) is 5.41 Å². The lowest BCUT2D eigenvalue weighted by Crippen LogP contribution is -2.38. The zero-order valence-electron chi connectivity index (χ0n) is 18.2. The van der Waals surface area contributed by atoms with Gasteiger partial charge in [0.25, 0.3) is 5.91 Å². The van der Waals surface area contributed by atoms with E-state index in [2.05, 4.69) is 10.0 Å². The van der Waals surface area contributed by atoms with E-state index in [-0.39, 0.29) is 18.2 Å². The van der Waals surface area contributed by atoms with Gasteiger partial charge in [-0.05, 0) is 55.0 Å². The van der Waals surface area contributed by atoms with Crippen molar-refractivity contribution in [2.24, 2.45) is 5.73 Å². The first-order valence-electron chi connectivity index (χ1n) is 10.1. The highest BCUT2D eigenvalue weighted by molar-refractivity contribution is 7.90. The number of anilines is 1. The van der Waals surface area contributed by atoms with E-state index in [1.165, 1.54) is 14.0 Å². The van der Waals surface area contributed by atoms with Crippen molar-refractivity contribution in [3.05, 3.63) is 59.4 Å². The maximum Gasteiger partial charge on any atom is 0.260 e. The molecule has 0 aliphatic carbocycles. The highest BCUT2D eigenvalue weighted by Gasteiger charge is 2.26. The zero-order valence-corrected chi connectivity index (χ0v) is 19.0. The third-order valence-electron chi connectivity index (χ3n) is 4.97. The van der Waals surface area contributed by atoms with E-state index < -0.39 is 22.0 Å². The first kappa shape index (κ1) is 24.1. The number of methoxy groups -OCH3 is 1. The van der Waals surface area contributed by atoms with Gasteiger partial charge in [-0.1, -0.05) is 0 Å². The van der Waals surface area contributed by atoms with Gasteiger partial charge in [0, 0.05) is 23.1 Å². The molecule has 0 aliphatic rings. The fourth-order valence-electron chi connectivity index (χ4n) is 3.25. The topological polar surface area (TPSA) is 168 Å². The van der Waals surface area contributed by atoms with Gasteiger partial charge in [0.15, 0.2) is 11.3 Å². The summed E-state index contributed by atoms with van der Waals surface area (Å²) in [6.45, 7) is 1.34. The number of nitrogens with one attached hydrogen (secondary N) is 3. The lowest BCUT2D eigenvalue weighted by atomic mass is 10.0. The molecule has 0 saturated carbocycles. The molecule has 1 unspecified atom stereocenters. The molecular weight excluding hydrogens is 448 g/mol. The number of amidine groups is 1. The Bertz CT molecular complexity index is 1270. The molecule has 3 aromatic rings. The van der Waals surface area contributed by atoms with E-state index in [1.54, 1.807) is 42.5 Å². The van der Waals surface area contributed by atoms with E-state index in [4.69, 9.17) is 20.3 Å². The molecule has 0 bridgehead atoms. The molecule has 2 aromatic carbocycles. The van der Waals surface area contributed by atoms with Crippen LogP contribution in [0, 0.1) is 5.41 Å². The van der Waals surface area contributed by atoms with Crippen LogP contribution in [-0.2, 0) is 21.2 Å². The largest absolute Gasteiger partial charge is 0.493 e. The summed E-state index contributed by atoms with van der Waals surface area (Å²) in [5.74, 6) is -0.221. The lowest BCUT2D eigenvalue weighted by molar-refractivity contribution is -0.120. The summed E-state index contributed by atoms with van der Waals surface area (Å²) in [4.78, 5) is 13.0. The van der Waals surface area contributed by atoms with E-state index in [0.29, 0.717) is 45.7 Å². The van der Waals surface area contributed by atoms with Crippen LogP contribution in [0.1, 0.15) is 29.9 Å². The quantitative estimate of drug-likeness (QED) is 0.219. The number of hydrogen-bond donors (Lipinski definition) is 5. The number of amides is 1. The number of aliphatic hydroxyl groups excluding tert-OH is 1. The fraction of sp³-hybridized carbons (Fsp3) is 0.273. The molecule has 176 valence electrons. The fourth-order valence-corrected chi connectivity index (χ4v) is 3.81. The highest BCUT2D eigenvalue weighted by atomic mass is 32.2. The predicted molar refractivity (Wildman–Crippen MR) is 125 cm³/mol. The number of carbonyl (C=O) groups is 1. The molecule has 1 atom stereocenters. The van der Waals surface area contributed by atoms with Crippen LogP contribution in [0.25, 0.3) is 11.0 Å². The van der Waals surface area contributed by atoms with Crippen LogP contribution in [0.2, 0.25) is 0 Å². The van der Waals surface area contributed by atoms with Crippen LogP contribution in [-0.4, -0.2) is 44.7 Å². The highest BCUT2D eigenvalue weighted by Crippen LogP contribution is 2.34. The molecule has 0 fully saturated rings. The summed E-state index contributed by atoms with van der Waals surface area (Å²) in [5, 5.41) is 20.4. The Morgan fingerprint density at radius 2 is 1.94 bits per heavy atom. The molecule has 11 heteroatoms. The van der Waals surface area contributed by atoms with Crippen molar-refractivity contribution in [2.45, 2.75) is 19.4 Å². The number of rotatable bonds is 10. The summed E-state index contributed by atoms with van der Waals surface area (Å²) in [5.41, 5.74) is 7.41. The van der Waals surface area contributed by atoms with Crippen molar-refractivity contribution in [3.8, 4) is 5.75 Å². The smallest absolute Gasteiger partial charge is 0.260 e. The minimum absolute atomic E-state index is 0.0906. The second kappa shape index (κ2) is 9.92. The maximum atomic E-state index is 13.0. The van der Waals surface area contributed by atoms with Gasteiger partial charge in [-0.25, -0.2) is 8.42 Å². The molecule has 0 saturated heterocycles. The summed E-state index contributed by atoms with van der Waals surface area (Å²) >= 11 is 0. The van der Waals surface area contributed by atoms with Gasteiger partial charge in [-0.3, -0.25) is 14.9 Å². The number of benzene rings is 2. The van der Waals surface area contributed by atoms with Crippen LogP contribution >= 0.6 is 0 Å². The van der Waals surface area contributed by atoms with E-state index in [0.717, 1.165) is 0 Å². The summed E-state index contributed by atoms with van der Waals surface area (Å²) in [6.07, 6.45) is 0.312. The third-order valence-corrected chi connectivity index (χ3v) is 6.24. The monoisotopic (exact) mass is 474 g/mol. The Kier molecular flexibility index (Phi) is 7.24. The van der Waals surface area contributed by atoms with Gasteiger partial charge in [-0.2, -0.15) is 0 Å². The second-order valence-corrected chi connectivity index (χ2v) is 9.28. The maximum absolute atomic E-state index is 13.0. The van der Waals surface area contributed by atoms with Gasteiger partial charge in [0.2, 0.25) is 10.0 Å². The predicted octanol–water partition coefficient (Wildman–Crippen LogP) is 1.88. The summed E-state index contributed by atoms with van der Waals surface area (Å²) < 4.78 is 37.4. The molecule has 3 rings (SSSR count). The Morgan fingerprint density at radius 1 is 1.24 bits per heavy atom. The molecule has 0 aliphatic heterocycles. The van der Waals surface area contributed by atoms with E-state index in [9.17, 15) is 18.3 Å². The number of sulfonamides is 1. The second-order valence-electron chi connectivity index (χ2n) is 7.27. The Morgan fingerprint density at radius 3 is 2.52 bits per heavy atom. The zero-order chi connectivity index (χ0) is 24.2. The van der Waals surface area contributed by atoms with Crippen LogP contribution in [0.15, 0.2) is 46.9 Å². The SMILES string of the molecule is CCS(=O)(=O)NC(=O)C(Nc1ccc(C(=N)N)cc1)c1cc(OC)c2oc(CCO)cc2c1. The normalized spacial score (nSPS) is 12.3. The first-order chi connectivity index (χ1) is 15.7. The van der Waals surface area contributed by atoms with Gasteiger partial charge in [0.05, 0.1) is 19.5 Å². The number of aliphatic hydroxyl groups is 1. The van der Waals surface area contributed by atoms with Crippen molar-refractivity contribution < 1.29 is 27.5 Å². The number of nitrogens with two attached hydrogens (primary N) is 1. The van der Waals surface area contributed by atoms with Gasteiger partial charge in [-0.15, -0.1) is 0 Å². The third kappa shape index (κ3) is 5.62. The van der Waals surface area contributed by atoms with Crippen LogP contribution in [0.3, 0.4) is 0 Å². The van der Waals surface area contributed by atoms with Crippen molar-refractivity contribution in [1.82, 2.24) is 4.72 Å². The minimum Gasteiger partial charge on any atom is -0.493 e. The molecule has 0 spiro atoms. The molecule has 1 aromatic heterocycles. The number of carbonyl (C=O) groups excluding carboxylic acids is 1. The van der Waals surface area contributed by atoms with Crippen molar-refractivity contribution in [2.75, 3.05) is 24.8 Å². The summed E-state index contributed by atoms with van der Waals surface area (Å²) in [6, 6.07) is 10.4. The molecule has 33 heavy (non-hydrogen) atoms. The number of hydrogen-bond acceptors (Lipinski definition) is 8. The molecule has 1 heterocycles. The number of fused-ring (bicyclic) bond motifs is 1. The molecular formula is C22H26N4O6S. The molecule has 1 amide bonds. The summed E-state index contributed by atoms with van der Waals surface area (Å²) in [7, 11) is -2.35. The Labute approximate surface area is 191 Å². The van der Waals surface area contributed by atoms with Gasteiger partial charge < -0.3 is 25.3 Å².